The first kappa shape index (κ1) is 21.2. The molecule has 0 unspecified atom stereocenters. The largest absolute Gasteiger partial charge is 0.495 e. The molecule has 0 aromatic heterocycles. The van der Waals surface area contributed by atoms with Crippen molar-refractivity contribution in [2.75, 3.05) is 38.1 Å². The lowest BCUT2D eigenvalue weighted by molar-refractivity contribution is -0.130. The zero-order valence-electron chi connectivity index (χ0n) is 16.4. The van der Waals surface area contributed by atoms with Crippen molar-refractivity contribution in [1.29, 1.82) is 0 Å². The third kappa shape index (κ3) is 5.72. The van der Waals surface area contributed by atoms with Crippen molar-refractivity contribution in [3.8, 4) is 11.5 Å². The van der Waals surface area contributed by atoms with Gasteiger partial charge in [0.2, 0.25) is 11.8 Å². The van der Waals surface area contributed by atoms with Crippen LogP contribution < -0.4 is 20.1 Å². The minimum atomic E-state index is -0.943. The summed E-state index contributed by atoms with van der Waals surface area (Å²) in [5.41, 5.74) is 1.00. The topological polar surface area (TPSA) is 85.9 Å². The Hall–Kier alpha value is -3.06. The maximum absolute atomic E-state index is 12.8. The van der Waals surface area contributed by atoms with E-state index in [4.69, 9.17) is 14.2 Å². The standard InChI is InChI=1S/C21H26N2O5/c1-4-28-14-13-15(20(24)22-16-9-5-7-11-18(16)26-2)21(25)23-17-10-6-8-12-19(17)27-3/h5-12,15H,4,13-14H2,1-3H3,(H,22,24)(H,23,25). The predicted molar refractivity (Wildman–Crippen MR) is 108 cm³/mol. The number of para-hydroxylation sites is 4. The minimum Gasteiger partial charge on any atom is -0.495 e. The van der Waals surface area contributed by atoms with Gasteiger partial charge >= 0.3 is 0 Å². The molecule has 150 valence electrons. The summed E-state index contributed by atoms with van der Waals surface area (Å²) >= 11 is 0. The van der Waals surface area contributed by atoms with Crippen LogP contribution >= 0.6 is 0 Å². The fourth-order valence-electron chi connectivity index (χ4n) is 2.66. The summed E-state index contributed by atoms with van der Waals surface area (Å²) in [6.07, 6.45) is 0.246. The summed E-state index contributed by atoms with van der Waals surface area (Å²) in [4.78, 5) is 25.7. The Kier molecular flexibility index (Phi) is 8.30. The summed E-state index contributed by atoms with van der Waals surface area (Å²) < 4.78 is 15.9. The van der Waals surface area contributed by atoms with E-state index in [1.165, 1.54) is 14.2 Å². The van der Waals surface area contributed by atoms with Crippen molar-refractivity contribution >= 4 is 23.2 Å². The van der Waals surface area contributed by atoms with Crippen molar-refractivity contribution in [3.05, 3.63) is 48.5 Å². The summed E-state index contributed by atoms with van der Waals surface area (Å²) in [7, 11) is 3.04. The molecule has 0 saturated heterocycles. The van der Waals surface area contributed by atoms with Gasteiger partial charge in [-0.05, 0) is 37.6 Å². The second-order valence-corrected chi connectivity index (χ2v) is 5.92. The van der Waals surface area contributed by atoms with Crippen LogP contribution in [0, 0.1) is 5.92 Å². The van der Waals surface area contributed by atoms with Gasteiger partial charge in [0.05, 0.1) is 25.6 Å². The third-order valence-corrected chi connectivity index (χ3v) is 4.12. The molecule has 0 bridgehead atoms. The molecular formula is C21H26N2O5. The van der Waals surface area contributed by atoms with E-state index in [9.17, 15) is 9.59 Å². The fourth-order valence-corrected chi connectivity index (χ4v) is 2.66. The highest BCUT2D eigenvalue weighted by atomic mass is 16.5. The summed E-state index contributed by atoms with van der Waals surface area (Å²) in [6, 6.07) is 14.1. The van der Waals surface area contributed by atoms with E-state index in [0.29, 0.717) is 36.1 Å². The number of anilines is 2. The first-order valence-electron chi connectivity index (χ1n) is 9.06. The van der Waals surface area contributed by atoms with E-state index in [0.717, 1.165) is 0 Å². The Morgan fingerprint density at radius 2 is 1.32 bits per heavy atom. The zero-order chi connectivity index (χ0) is 20.4. The van der Waals surface area contributed by atoms with Gasteiger partial charge < -0.3 is 24.8 Å². The SMILES string of the molecule is CCOCCC(C(=O)Nc1ccccc1OC)C(=O)Nc1ccccc1OC. The van der Waals surface area contributed by atoms with Gasteiger partial charge in [0.25, 0.3) is 0 Å². The zero-order valence-corrected chi connectivity index (χ0v) is 16.4. The molecule has 0 radical (unpaired) electrons. The highest BCUT2D eigenvalue weighted by molar-refractivity contribution is 6.11. The molecule has 0 aliphatic heterocycles. The number of rotatable bonds is 10. The molecule has 0 spiro atoms. The summed E-state index contributed by atoms with van der Waals surface area (Å²) in [6.45, 7) is 2.66. The highest BCUT2D eigenvalue weighted by Crippen LogP contribution is 2.26. The molecule has 2 amide bonds. The lowest BCUT2D eigenvalue weighted by atomic mass is 10.0. The average Bonchev–Trinajstić information content (AvgIpc) is 2.71. The van der Waals surface area contributed by atoms with Crippen LogP contribution in [0.3, 0.4) is 0 Å². The van der Waals surface area contributed by atoms with Crippen LogP contribution in [0.1, 0.15) is 13.3 Å². The van der Waals surface area contributed by atoms with Crippen LogP contribution in [-0.4, -0.2) is 39.2 Å². The Balaban J connectivity index is 2.17. The smallest absolute Gasteiger partial charge is 0.237 e. The number of hydrogen-bond donors (Lipinski definition) is 2. The first-order chi connectivity index (χ1) is 13.6. The highest BCUT2D eigenvalue weighted by Gasteiger charge is 2.28. The molecule has 0 fully saturated rings. The number of benzene rings is 2. The van der Waals surface area contributed by atoms with Crippen LogP contribution in [0.15, 0.2) is 48.5 Å². The molecule has 7 heteroatoms. The maximum Gasteiger partial charge on any atom is 0.237 e. The summed E-state index contributed by atoms with van der Waals surface area (Å²) in [5, 5.41) is 5.54. The average molecular weight is 386 g/mol. The van der Waals surface area contributed by atoms with Crippen LogP contribution in [0.4, 0.5) is 11.4 Å². The van der Waals surface area contributed by atoms with Gasteiger partial charge in [-0.3, -0.25) is 9.59 Å². The molecule has 2 aromatic rings. The lowest BCUT2D eigenvalue weighted by Crippen LogP contribution is -2.35. The quantitative estimate of drug-likeness (QED) is 0.483. The Labute approximate surface area is 165 Å². The van der Waals surface area contributed by atoms with Crippen molar-refractivity contribution < 1.29 is 23.8 Å². The molecular weight excluding hydrogens is 360 g/mol. The lowest BCUT2D eigenvalue weighted by Gasteiger charge is -2.18. The van der Waals surface area contributed by atoms with Gasteiger partial charge in [-0.15, -0.1) is 0 Å². The monoisotopic (exact) mass is 386 g/mol. The van der Waals surface area contributed by atoms with Gasteiger partial charge in [0.15, 0.2) is 0 Å². The molecule has 28 heavy (non-hydrogen) atoms. The molecule has 2 aromatic carbocycles. The van der Waals surface area contributed by atoms with E-state index in [1.54, 1.807) is 48.5 Å². The van der Waals surface area contributed by atoms with E-state index in [1.807, 2.05) is 6.92 Å². The molecule has 0 aliphatic rings. The number of methoxy groups -OCH3 is 2. The normalized spacial score (nSPS) is 10.4. The number of nitrogens with one attached hydrogen (secondary N) is 2. The number of amides is 2. The Morgan fingerprint density at radius 3 is 1.75 bits per heavy atom. The molecule has 0 atom stereocenters. The number of carbonyl (C=O) groups is 2. The van der Waals surface area contributed by atoms with Crippen LogP contribution in [-0.2, 0) is 14.3 Å². The Morgan fingerprint density at radius 1 is 0.857 bits per heavy atom. The van der Waals surface area contributed by atoms with Crippen molar-refractivity contribution in [2.24, 2.45) is 5.92 Å². The molecule has 0 aliphatic carbocycles. The number of hydrogen-bond acceptors (Lipinski definition) is 5. The van der Waals surface area contributed by atoms with Crippen molar-refractivity contribution in [3.63, 3.8) is 0 Å². The third-order valence-electron chi connectivity index (χ3n) is 4.12. The maximum atomic E-state index is 12.8. The van der Waals surface area contributed by atoms with E-state index >= 15 is 0 Å². The fraction of sp³-hybridized carbons (Fsp3) is 0.333. The predicted octanol–water partition coefficient (Wildman–Crippen LogP) is 3.32. The van der Waals surface area contributed by atoms with Gasteiger partial charge in [-0.2, -0.15) is 0 Å². The molecule has 0 heterocycles. The van der Waals surface area contributed by atoms with E-state index in [2.05, 4.69) is 10.6 Å². The molecule has 7 nitrogen and oxygen atoms in total. The van der Waals surface area contributed by atoms with Crippen LogP contribution in [0.5, 0.6) is 11.5 Å². The molecule has 2 rings (SSSR count). The Bertz CT molecular complexity index is 732. The van der Waals surface area contributed by atoms with Gasteiger partial charge in [-0.25, -0.2) is 0 Å². The first-order valence-corrected chi connectivity index (χ1v) is 9.06. The number of carbonyl (C=O) groups excluding carboxylic acids is 2. The van der Waals surface area contributed by atoms with Gasteiger partial charge in [0, 0.05) is 13.2 Å². The molecule has 0 saturated carbocycles. The van der Waals surface area contributed by atoms with Crippen LogP contribution in [0.25, 0.3) is 0 Å². The van der Waals surface area contributed by atoms with Gasteiger partial charge in [-0.1, -0.05) is 24.3 Å². The second kappa shape index (κ2) is 10.9. The van der Waals surface area contributed by atoms with E-state index < -0.39 is 17.7 Å². The van der Waals surface area contributed by atoms with E-state index in [-0.39, 0.29) is 6.42 Å². The van der Waals surface area contributed by atoms with Crippen LogP contribution in [0.2, 0.25) is 0 Å². The van der Waals surface area contributed by atoms with Crippen molar-refractivity contribution in [1.82, 2.24) is 0 Å². The summed E-state index contributed by atoms with van der Waals surface area (Å²) in [5.74, 6) is -0.774. The van der Waals surface area contributed by atoms with Gasteiger partial charge in [0.1, 0.15) is 17.4 Å². The molecule has 2 N–H and O–H groups in total. The van der Waals surface area contributed by atoms with Crippen molar-refractivity contribution in [2.45, 2.75) is 13.3 Å². The second-order valence-electron chi connectivity index (χ2n) is 5.92. The number of ether oxygens (including phenoxy) is 3. The minimum absolute atomic E-state index is 0.246.